The van der Waals surface area contributed by atoms with Crippen LogP contribution in [0.15, 0.2) is 6.33 Å². The van der Waals surface area contributed by atoms with Crippen LogP contribution in [0.4, 0.5) is 0 Å². The number of aryl methyl sites for hydroxylation is 2. The molecule has 0 aliphatic rings. The first-order valence-corrected chi connectivity index (χ1v) is 5.88. The highest BCUT2D eigenvalue weighted by Crippen LogP contribution is 2.05. The maximum absolute atomic E-state index is 10.6. The minimum atomic E-state index is -3.40. The van der Waals surface area contributed by atoms with Crippen LogP contribution < -0.4 is 0 Å². The Kier molecular flexibility index (Phi) is 2.74. The zero-order chi connectivity index (χ0) is 9.19. The minimum absolute atomic E-state index is 0.0692. The first kappa shape index (κ1) is 9.54. The van der Waals surface area contributed by atoms with Gasteiger partial charge in [0.15, 0.2) is 0 Å². The van der Waals surface area contributed by atoms with Gasteiger partial charge in [0.25, 0.3) is 0 Å². The Labute approximate surface area is 75.4 Å². The molecule has 1 aromatic heterocycles. The fraction of sp³-hybridized carbons (Fsp3) is 0.500. The molecule has 0 amide bonds. The Bertz CT molecular complexity index is 357. The molecular weight excluding hydrogens is 200 g/mol. The van der Waals surface area contributed by atoms with Gasteiger partial charge in [-0.15, -0.1) is 0 Å². The lowest BCUT2D eigenvalue weighted by Gasteiger charge is -1.94. The lowest BCUT2D eigenvalue weighted by Crippen LogP contribution is -2.02. The van der Waals surface area contributed by atoms with Gasteiger partial charge in [-0.1, -0.05) is 0 Å². The molecule has 6 heteroatoms. The van der Waals surface area contributed by atoms with Crippen LogP contribution in [0, 0.1) is 6.92 Å². The number of nitrogens with zero attached hydrogens (tertiary/aromatic N) is 1. The smallest absolute Gasteiger partial charge is 0.232 e. The highest BCUT2D eigenvalue weighted by atomic mass is 35.7. The van der Waals surface area contributed by atoms with Gasteiger partial charge in [-0.3, -0.25) is 0 Å². The topological polar surface area (TPSA) is 62.8 Å². The summed E-state index contributed by atoms with van der Waals surface area (Å²) in [6, 6.07) is 0. The maximum atomic E-state index is 10.6. The number of rotatable bonds is 3. The molecule has 0 aliphatic heterocycles. The fourth-order valence-corrected chi connectivity index (χ4v) is 1.53. The van der Waals surface area contributed by atoms with Gasteiger partial charge in [-0.25, -0.2) is 13.4 Å². The zero-order valence-electron chi connectivity index (χ0n) is 6.54. The lowest BCUT2D eigenvalue weighted by atomic mass is 10.3. The Morgan fingerprint density at radius 2 is 2.33 bits per heavy atom. The monoisotopic (exact) mass is 208 g/mol. The average Bonchev–Trinajstić information content (AvgIpc) is 2.29. The van der Waals surface area contributed by atoms with Gasteiger partial charge in [-0.05, 0) is 6.92 Å². The quantitative estimate of drug-likeness (QED) is 0.749. The van der Waals surface area contributed by atoms with E-state index in [4.69, 9.17) is 10.7 Å². The Balaban J connectivity index is 2.61. The number of imidazole rings is 1. The van der Waals surface area contributed by atoms with Crippen LogP contribution in [-0.4, -0.2) is 24.1 Å². The van der Waals surface area contributed by atoms with E-state index in [1.54, 1.807) is 0 Å². The van der Waals surface area contributed by atoms with Crippen molar-refractivity contribution < 1.29 is 8.42 Å². The highest BCUT2D eigenvalue weighted by molar-refractivity contribution is 8.13. The van der Waals surface area contributed by atoms with E-state index in [2.05, 4.69) is 9.97 Å². The van der Waals surface area contributed by atoms with Crippen LogP contribution >= 0.6 is 10.7 Å². The molecule has 1 N–H and O–H groups in total. The van der Waals surface area contributed by atoms with E-state index in [-0.39, 0.29) is 5.75 Å². The highest BCUT2D eigenvalue weighted by Gasteiger charge is 2.08. The van der Waals surface area contributed by atoms with Crippen molar-refractivity contribution >= 4 is 19.7 Å². The minimum Gasteiger partial charge on any atom is -0.348 e. The van der Waals surface area contributed by atoms with Gasteiger partial charge in [0.05, 0.1) is 17.8 Å². The second-order valence-corrected chi connectivity index (χ2v) is 5.36. The Hall–Kier alpha value is -0.550. The van der Waals surface area contributed by atoms with E-state index in [9.17, 15) is 8.42 Å². The first-order valence-electron chi connectivity index (χ1n) is 3.40. The van der Waals surface area contributed by atoms with Crippen molar-refractivity contribution in [3.8, 4) is 0 Å². The number of hydrogen-bond donors (Lipinski definition) is 1. The van der Waals surface area contributed by atoms with Crippen molar-refractivity contribution in [3.63, 3.8) is 0 Å². The summed E-state index contributed by atoms with van der Waals surface area (Å²) in [5.41, 5.74) is 1.63. The number of aromatic nitrogens is 2. The SMILES string of the molecule is Cc1[nH]cnc1CCS(=O)(=O)Cl. The van der Waals surface area contributed by atoms with E-state index in [1.165, 1.54) is 6.33 Å². The van der Waals surface area contributed by atoms with E-state index in [0.717, 1.165) is 11.4 Å². The summed E-state index contributed by atoms with van der Waals surface area (Å²) >= 11 is 0. The molecule has 0 atom stereocenters. The first-order chi connectivity index (χ1) is 5.49. The molecule has 0 saturated heterocycles. The molecular formula is C6H9ClN2O2S. The van der Waals surface area contributed by atoms with Crippen LogP contribution in [0.25, 0.3) is 0 Å². The van der Waals surface area contributed by atoms with E-state index in [0.29, 0.717) is 6.42 Å². The molecule has 4 nitrogen and oxygen atoms in total. The molecule has 68 valence electrons. The van der Waals surface area contributed by atoms with Crippen molar-refractivity contribution in [2.45, 2.75) is 13.3 Å². The van der Waals surface area contributed by atoms with Gasteiger partial charge < -0.3 is 4.98 Å². The molecule has 0 radical (unpaired) electrons. The number of hydrogen-bond acceptors (Lipinski definition) is 3. The maximum Gasteiger partial charge on any atom is 0.232 e. The zero-order valence-corrected chi connectivity index (χ0v) is 8.11. The number of halogens is 1. The third kappa shape index (κ3) is 2.83. The summed E-state index contributed by atoms with van der Waals surface area (Å²) in [4.78, 5) is 6.80. The Morgan fingerprint density at radius 1 is 1.67 bits per heavy atom. The van der Waals surface area contributed by atoms with Gasteiger partial charge >= 0.3 is 0 Å². The summed E-state index contributed by atoms with van der Waals surface area (Å²) in [7, 11) is 1.64. The van der Waals surface area contributed by atoms with Gasteiger partial charge in [0.1, 0.15) is 0 Å². The summed E-state index contributed by atoms with van der Waals surface area (Å²) in [6.07, 6.45) is 1.90. The molecule has 1 heterocycles. The lowest BCUT2D eigenvalue weighted by molar-refractivity contribution is 0.608. The van der Waals surface area contributed by atoms with Gasteiger partial charge in [0, 0.05) is 22.8 Å². The summed E-state index contributed by atoms with van der Waals surface area (Å²) in [6.45, 7) is 1.84. The largest absolute Gasteiger partial charge is 0.348 e. The van der Waals surface area contributed by atoms with Crippen LogP contribution in [0.1, 0.15) is 11.4 Å². The van der Waals surface area contributed by atoms with Crippen LogP contribution in [0.5, 0.6) is 0 Å². The second-order valence-electron chi connectivity index (χ2n) is 2.47. The summed E-state index contributed by atoms with van der Waals surface area (Å²) in [5, 5.41) is 0. The number of H-pyrrole nitrogens is 1. The molecule has 0 saturated carbocycles. The molecule has 0 aliphatic carbocycles. The van der Waals surface area contributed by atoms with Crippen molar-refractivity contribution in [1.29, 1.82) is 0 Å². The summed E-state index contributed by atoms with van der Waals surface area (Å²) < 4.78 is 21.1. The van der Waals surface area contributed by atoms with E-state index < -0.39 is 9.05 Å². The molecule has 1 rings (SSSR count). The fourth-order valence-electron chi connectivity index (χ4n) is 0.858. The predicted octanol–water partition coefficient (Wildman–Crippen LogP) is 0.829. The third-order valence-corrected chi connectivity index (χ3v) is 2.67. The second kappa shape index (κ2) is 3.45. The standard InChI is InChI=1S/C6H9ClN2O2S/c1-5-6(9-4-8-5)2-3-12(7,10)11/h4H,2-3H2,1H3,(H,8,9). The molecule has 0 aromatic carbocycles. The van der Waals surface area contributed by atoms with Crippen LogP contribution in [-0.2, 0) is 15.5 Å². The van der Waals surface area contributed by atoms with E-state index >= 15 is 0 Å². The van der Waals surface area contributed by atoms with Gasteiger partial charge in [0.2, 0.25) is 9.05 Å². The van der Waals surface area contributed by atoms with Crippen molar-refractivity contribution in [1.82, 2.24) is 9.97 Å². The van der Waals surface area contributed by atoms with Crippen LogP contribution in [0.3, 0.4) is 0 Å². The summed E-state index contributed by atoms with van der Waals surface area (Å²) in [5.74, 6) is -0.0692. The number of aromatic amines is 1. The predicted molar refractivity (Wildman–Crippen MR) is 46.7 cm³/mol. The van der Waals surface area contributed by atoms with Crippen molar-refractivity contribution in [2.75, 3.05) is 5.75 Å². The van der Waals surface area contributed by atoms with Crippen molar-refractivity contribution in [3.05, 3.63) is 17.7 Å². The van der Waals surface area contributed by atoms with Crippen LogP contribution in [0.2, 0.25) is 0 Å². The number of nitrogens with one attached hydrogen (secondary N) is 1. The van der Waals surface area contributed by atoms with E-state index in [1.807, 2.05) is 6.92 Å². The molecule has 0 unspecified atom stereocenters. The third-order valence-electron chi connectivity index (χ3n) is 1.52. The average molecular weight is 209 g/mol. The Morgan fingerprint density at radius 3 is 2.75 bits per heavy atom. The van der Waals surface area contributed by atoms with Crippen molar-refractivity contribution in [2.24, 2.45) is 0 Å². The molecule has 0 spiro atoms. The molecule has 1 aromatic rings. The molecule has 0 fully saturated rings. The molecule has 0 bridgehead atoms. The van der Waals surface area contributed by atoms with Gasteiger partial charge in [-0.2, -0.15) is 0 Å². The normalized spacial score (nSPS) is 11.8. The molecule has 12 heavy (non-hydrogen) atoms.